The second-order valence-corrected chi connectivity index (χ2v) is 4.00. The number of nitrogens with zero attached hydrogens (tertiary/aromatic N) is 1. The van der Waals surface area contributed by atoms with E-state index in [1.54, 1.807) is 29.2 Å². The highest BCUT2D eigenvalue weighted by molar-refractivity contribution is 5.82. The van der Waals surface area contributed by atoms with Gasteiger partial charge in [-0.2, -0.15) is 0 Å². The van der Waals surface area contributed by atoms with Gasteiger partial charge in [0.1, 0.15) is 0 Å². The summed E-state index contributed by atoms with van der Waals surface area (Å²) in [6, 6.07) is 6.97. The fourth-order valence-corrected chi connectivity index (χ4v) is 1.92. The van der Waals surface area contributed by atoms with Crippen molar-refractivity contribution in [3.05, 3.63) is 24.3 Å². The minimum Gasteiger partial charge on any atom is -0.470 e. The number of hydrogen-bond acceptors (Lipinski definition) is 4. The van der Waals surface area contributed by atoms with Gasteiger partial charge in [0, 0.05) is 13.1 Å². The highest BCUT2D eigenvalue weighted by atomic mass is 16.7. The van der Waals surface area contributed by atoms with Crippen LogP contribution in [-0.4, -0.2) is 41.4 Å². The van der Waals surface area contributed by atoms with Crippen molar-refractivity contribution in [2.75, 3.05) is 13.1 Å². The molecule has 1 amide bonds. The number of benzene rings is 1. The van der Waals surface area contributed by atoms with Gasteiger partial charge in [-0.3, -0.25) is 4.79 Å². The second-order valence-electron chi connectivity index (χ2n) is 4.00. The lowest BCUT2D eigenvalue weighted by Crippen LogP contribution is -2.51. The number of likely N-dealkylation sites (N-methyl/N-ethyl adjacent to an activating group) is 1. The molecule has 0 fully saturated rings. The zero-order chi connectivity index (χ0) is 13.1. The molecule has 0 unspecified atom stereocenters. The molecule has 1 aromatic rings. The first kappa shape index (κ1) is 12.7. The molecular formula is C13H17NO4. The number of aliphatic hydroxyl groups excluding tert-OH is 1. The van der Waals surface area contributed by atoms with E-state index in [-0.39, 0.29) is 5.91 Å². The zero-order valence-corrected chi connectivity index (χ0v) is 10.5. The summed E-state index contributed by atoms with van der Waals surface area (Å²) in [6.07, 6.45) is -2.27. The smallest absolute Gasteiger partial charge is 0.270 e. The number of ether oxygens (including phenoxy) is 2. The lowest BCUT2D eigenvalue weighted by atomic mass is 10.2. The topological polar surface area (TPSA) is 59.0 Å². The summed E-state index contributed by atoms with van der Waals surface area (Å²) in [5.74, 6) is 0.670. The molecule has 1 aliphatic rings. The Bertz CT molecular complexity index is 431. The number of aliphatic hydroxyl groups is 1. The first-order valence-corrected chi connectivity index (χ1v) is 6.06. The molecule has 0 saturated heterocycles. The molecule has 2 rings (SSSR count). The van der Waals surface area contributed by atoms with E-state index in [0.29, 0.717) is 24.6 Å². The predicted molar refractivity (Wildman–Crippen MR) is 65.4 cm³/mol. The van der Waals surface area contributed by atoms with Crippen molar-refractivity contribution in [2.45, 2.75) is 26.2 Å². The number of carbonyl (C=O) groups excluding carboxylic acids is 1. The minimum atomic E-state index is -1.27. The Morgan fingerprint density at radius 1 is 1.22 bits per heavy atom. The van der Waals surface area contributed by atoms with Gasteiger partial charge in [0.05, 0.1) is 0 Å². The summed E-state index contributed by atoms with van der Waals surface area (Å²) in [6.45, 7) is 4.91. The number of para-hydroxylation sites is 2. The summed E-state index contributed by atoms with van der Waals surface area (Å²) in [7, 11) is 0. The maximum Gasteiger partial charge on any atom is 0.270 e. The third-order valence-corrected chi connectivity index (χ3v) is 2.93. The quantitative estimate of drug-likeness (QED) is 0.871. The van der Waals surface area contributed by atoms with Crippen LogP contribution in [0, 0.1) is 0 Å². The lowest BCUT2D eigenvalue weighted by molar-refractivity contribution is -0.162. The molecule has 1 heterocycles. The Labute approximate surface area is 106 Å². The van der Waals surface area contributed by atoms with Crippen molar-refractivity contribution in [1.29, 1.82) is 0 Å². The first-order chi connectivity index (χ1) is 8.67. The van der Waals surface area contributed by atoms with Crippen LogP contribution in [0.4, 0.5) is 0 Å². The van der Waals surface area contributed by atoms with Gasteiger partial charge < -0.3 is 19.5 Å². The van der Waals surface area contributed by atoms with Crippen molar-refractivity contribution in [3.8, 4) is 11.5 Å². The van der Waals surface area contributed by atoms with Gasteiger partial charge in [-0.1, -0.05) is 12.1 Å². The van der Waals surface area contributed by atoms with Crippen LogP contribution in [0.25, 0.3) is 0 Å². The molecule has 0 radical (unpaired) electrons. The molecule has 0 bridgehead atoms. The van der Waals surface area contributed by atoms with Gasteiger partial charge in [-0.05, 0) is 26.0 Å². The lowest BCUT2D eigenvalue weighted by Gasteiger charge is -2.32. The zero-order valence-electron chi connectivity index (χ0n) is 10.5. The van der Waals surface area contributed by atoms with Crippen molar-refractivity contribution in [1.82, 2.24) is 4.90 Å². The SMILES string of the molecule is CCN(CC)C(=O)[C@H]1Oc2ccccc2O[C@@H]1O. The van der Waals surface area contributed by atoms with E-state index in [2.05, 4.69) is 0 Å². The van der Waals surface area contributed by atoms with Gasteiger partial charge in [-0.25, -0.2) is 0 Å². The van der Waals surface area contributed by atoms with E-state index >= 15 is 0 Å². The molecule has 0 spiro atoms. The Balaban J connectivity index is 2.19. The third kappa shape index (κ3) is 2.26. The molecular weight excluding hydrogens is 234 g/mol. The number of fused-ring (bicyclic) bond motifs is 1. The van der Waals surface area contributed by atoms with E-state index in [1.807, 2.05) is 13.8 Å². The Hall–Kier alpha value is -1.75. The highest BCUT2D eigenvalue weighted by Crippen LogP contribution is 2.33. The number of hydrogen-bond donors (Lipinski definition) is 1. The Morgan fingerprint density at radius 3 is 2.33 bits per heavy atom. The van der Waals surface area contributed by atoms with E-state index < -0.39 is 12.4 Å². The first-order valence-electron chi connectivity index (χ1n) is 6.06. The summed E-state index contributed by atoms with van der Waals surface area (Å²) in [4.78, 5) is 13.7. The van der Waals surface area contributed by atoms with Crippen molar-refractivity contribution in [3.63, 3.8) is 0 Å². The molecule has 18 heavy (non-hydrogen) atoms. The number of carbonyl (C=O) groups is 1. The normalized spacial score (nSPS) is 21.5. The highest BCUT2D eigenvalue weighted by Gasteiger charge is 2.37. The monoisotopic (exact) mass is 251 g/mol. The van der Waals surface area contributed by atoms with Gasteiger partial charge in [-0.15, -0.1) is 0 Å². The standard InChI is InChI=1S/C13H17NO4/c1-3-14(4-2)12(15)11-13(16)18-10-8-6-5-7-9(10)17-11/h5-8,11,13,16H,3-4H2,1-2H3/t11-,13+/m1/s1. The van der Waals surface area contributed by atoms with Crippen LogP contribution in [-0.2, 0) is 4.79 Å². The van der Waals surface area contributed by atoms with Gasteiger partial charge in [0.2, 0.25) is 12.4 Å². The molecule has 5 nitrogen and oxygen atoms in total. The molecule has 1 aromatic carbocycles. The van der Waals surface area contributed by atoms with Gasteiger partial charge >= 0.3 is 0 Å². The van der Waals surface area contributed by atoms with Crippen LogP contribution >= 0.6 is 0 Å². The average molecular weight is 251 g/mol. The summed E-state index contributed by atoms with van der Waals surface area (Å²) in [5, 5.41) is 9.83. The van der Waals surface area contributed by atoms with E-state index in [9.17, 15) is 9.90 Å². The summed E-state index contributed by atoms with van der Waals surface area (Å²) in [5.41, 5.74) is 0. The summed E-state index contributed by atoms with van der Waals surface area (Å²) < 4.78 is 10.8. The second kappa shape index (κ2) is 5.27. The fraction of sp³-hybridized carbons (Fsp3) is 0.462. The van der Waals surface area contributed by atoms with E-state index in [1.165, 1.54) is 0 Å². The van der Waals surface area contributed by atoms with Crippen molar-refractivity contribution < 1.29 is 19.4 Å². The molecule has 1 aliphatic heterocycles. The van der Waals surface area contributed by atoms with Crippen LogP contribution in [0.5, 0.6) is 11.5 Å². The Kier molecular flexibility index (Phi) is 3.72. The molecule has 98 valence electrons. The van der Waals surface area contributed by atoms with Crippen molar-refractivity contribution in [2.24, 2.45) is 0 Å². The van der Waals surface area contributed by atoms with Crippen LogP contribution in [0.1, 0.15) is 13.8 Å². The molecule has 0 aromatic heterocycles. The molecule has 0 aliphatic carbocycles. The predicted octanol–water partition coefficient (Wildman–Crippen LogP) is 1.01. The van der Waals surface area contributed by atoms with Crippen molar-refractivity contribution >= 4 is 5.91 Å². The third-order valence-electron chi connectivity index (χ3n) is 2.93. The van der Waals surface area contributed by atoms with Crippen LogP contribution in [0.2, 0.25) is 0 Å². The molecule has 0 saturated carbocycles. The number of amides is 1. The van der Waals surface area contributed by atoms with Crippen LogP contribution in [0.3, 0.4) is 0 Å². The molecule has 5 heteroatoms. The maximum atomic E-state index is 12.1. The van der Waals surface area contributed by atoms with E-state index in [0.717, 1.165) is 0 Å². The fourth-order valence-electron chi connectivity index (χ4n) is 1.92. The molecule has 1 N–H and O–H groups in total. The minimum absolute atomic E-state index is 0.262. The van der Waals surface area contributed by atoms with Gasteiger partial charge in [0.15, 0.2) is 11.5 Å². The van der Waals surface area contributed by atoms with Crippen LogP contribution in [0.15, 0.2) is 24.3 Å². The van der Waals surface area contributed by atoms with E-state index in [4.69, 9.17) is 9.47 Å². The summed E-state index contributed by atoms with van der Waals surface area (Å²) >= 11 is 0. The maximum absolute atomic E-state index is 12.1. The van der Waals surface area contributed by atoms with Gasteiger partial charge in [0.25, 0.3) is 5.91 Å². The number of rotatable bonds is 3. The average Bonchev–Trinajstić information content (AvgIpc) is 2.39. The van der Waals surface area contributed by atoms with Crippen LogP contribution < -0.4 is 9.47 Å². The largest absolute Gasteiger partial charge is 0.470 e. The Morgan fingerprint density at radius 2 is 1.78 bits per heavy atom. The molecule has 2 atom stereocenters.